The smallest absolute Gasteiger partial charge is 0.0706 e. The molecule has 0 aromatic heterocycles. The van der Waals surface area contributed by atoms with Gasteiger partial charge in [0, 0.05) is 31.4 Å². The summed E-state index contributed by atoms with van der Waals surface area (Å²) in [5, 5.41) is 5.78. The summed E-state index contributed by atoms with van der Waals surface area (Å²) in [6, 6.07) is 14.9. The van der Waals surface area contributed by atoms with E-state index < -0.39 is 0 Å². The molecule has 0 saturated heterocycles. The Morgan fingerprint density at radius 1 is 0.474 bits per heavy atom. The van der Waals surface area contributed by atoms with E-state index in [4.69, 9.17) is 0 Å². The lowest BCUT2D eigenvalue weighted by molar-refractivity contribution is 0.220. The van der Waals surface area contributed by atoms with Gasteiger partial charge in [-0.2, -0.15) is 0 Å². The fraction of sp³-hybridized carbons (Fsp3) is 0.294. The largest absolute Gasteiger partial charge is 0.0845 e. The summed E-state index contributed by atoms with van der Waals surface area (Å²) in [5.41, 5.74) is 3.17. The molecule has 6 unspecified atom stereocenters. The second-order valence-corrected chi connectivity index (χ2v) is 16.7. The van der Waals surface area contributed by atoms with Crippen molar-refractivity contribution < 1.29 is 0 Å². The highest BCUT2D eigenvalue weighted by molar-refractivity contribution is 8.30. The van der Waals surface area contributed by atoms with Crippen LogP contribution in [0.5, 0.6) is 0 Å². The lowest BCUT2D eigenvalue weighted by Crippen LogP contribution is -2.42. The van der Waals surface area contributed by atoms with Gasteiger partial charge in [-0.1, -0.05) is 95.6 Å². The summed E-state index contributed by atoms with van der Waals surface area (Å²) in [5.74, 6) is 4.18. The fourth-order valence-corrected chi connectivity index (χ4v) is 13.5. The lowest BCUT2D eigenvalue weighted by Gasteiger charge is -2.43. The standard InChI is InChI=1S/C34H26S4/c1-2-18-4-3-17(1)25-9-21-13-29-30(14-22(21)10-26(18)25)36-33(35-29)34-37-31-15-23-11-27-19-5-6-20(8-7-19)28(27)12-24(23)16-32(31)38-34/h1-2,5-6,9-20,25-26H,3-4,7-8H2. The summed E-state index contributed by atoms with van der Waals surface area (Å²) in [4.78, 5) is 5.78. The van der Waals surface area contributed by atoms with E-state index in [1.807, 2.05) is 47.0 Å². The van der Waals surface area contributed by atoms with Gasteiger partial charge in [-0.05, 0) is 106 Å². The van der Waals surface area contributed by atoms with E-state index in [9.17, 15) is 0 Å². The van der Waals surface area contributed by atoms with Crippen LogP contribution >= 0.6 is 47.0 Å². The molecule has 7 aliphatic carbocycles. The molecule has 4 heteroatoms. The maximum absolute atomic E-state index is 2.62. The first-order chi connectivity index (χ1) is 18.7. The Labute approximate surface area is 240 Å². The second kappa shape index (κ2) is 7.94. The first kappa shape index (κ1) is 22.0. The molecule has 38 heavy (non-hydrogen) atoms. The van der Waals surface area contributed by atoms with Crippen molar-refractivity contribution in [3.63, 3.8) is 0 Å². The molecule has 0 radical (unpaired) electrons. The molecule has 2 heterocycles. The van der Waals surface area contributed by atoms with Crippen LogP contribution in [0, 0.1) is 23.7 Å². The third-order valence-electron chi connectivity index (χ3n) is 10.0. The quantitative estimate of drug-likeness (QED) is 0.251. The minimum Gasteiger partial charge on any atom is -0.0845 e. The Bertz CT molecular complexity index is 1700. The molecule has 3 aromatic carbocycles. The molecular formula is C34H26S4. The topological polar surface area (TPSA) is 0 Å². The van der Waals surface area contributed by atoms with E-state index in [1.165, 1.54) is 74.9 Å². The molecule has 3 aromatic rings. The number of hydrogen-bond acceptors (Lipinski definition) is 4. The Hall–Kier alpha value is -1.72. The van der Waals surface area contributed by atoms with Crippen LogP contribution in [0.25, 0.3) is 22.9 Å². The third kappa shape index (κ3) is 3.12. The number of allylic oxidation sites excluding steroid dienone is 4. The number of hydrogen-bond donors (Lipinski definition) is 0. The van der Waals surface area contributed by atoms with Crippen molar-refractivity contribution in [2.75, 3.05) is 0 Å². The molecule has 4 bridgehead atoms. The molecule has 1 fully saturated rings. The van der Waals surface area contributed by atoms with E-state index in [-0.39, 0.29) is 0 Å². The first-order valence-electron chi connectivity index (χ1n) is 14.1. The highest BCUT2D eigenvalue weighted by atomic mass is 32.2. The van der Waals surface area contributed by atoms with Gasteiger partial charge < -0.3 is 0 Å². The molecule has 2 aliphatic heterocycles. The summed E-state index contributed by atoms with van der Waals surface area (Å²) in [7, 11) is 0. The fourth-order valence-electron chi connectivity index (χ4n) is 8.09. The van der Waals surface area contributed by atoms with Crippen molar-refractivity contribution in [2.24, 2.45) is 23.7 Å². The van der Waals surface area contributed by atoms with Gasteiger partial charge in [0.15, 0.2) is 0 Å². The van der Waals surface area contributed by atoms with Gasteiger partial charge in [0.1, 0.15) is 0 Å². The molecule has 186 valence electrons. The predicted molar refractivity (Wildman–Crippen MR) is 165 cm³/mol. The van der Waals surface area contributed by atoms with E-state index in [2.05, 4.69) is 72.9 Å². The third-order valence-corrected chi connectivity index (χ3v) is 15.6. The summed E-state index contributed by atoms with van der Waals surface area (Å²) < 4.78 is 2.94. The Morgan fingerprint density at radius 3 is 1.34 bits per heavy atom. The van der Waals surface area contributed by atoms with E-state index in [0.29, 0.717) is 23.7 Å². The molecule has 0 nitrogen and oxygen atoms in total. The Kier molecular flexibility index (Phi) is 4.60. The van der Waals surface area contributed by atoms with Gasteiger partial charge >= 0.3 is 0 Å². The number of rotatable bonds is 0. The zero-order chi connectivity index (χ0) is 24.5. The maximum Gasteiger partial charge on any atom is 0.0706 e. The van der Waals surface area contributed by atoms with E-state index in [1.54, 1.807) is 11.1 Å². The summed E-state index contributed by atoms with van der Waals surface area (Å²) in [6.07, 6.45) is 20.6. The van der Waals surface area contributed by atoms with E-state index >= 15 is 0 Å². The van der Waals surface area contributed by atoms with Crippen molar-refractivity contribution in [1.82, 2.24) is 0 Å². The van der Waals surface area contributed by atoms with Gasteiger partial charge in [0.25, 0.3) is 0 Å². The molecule has 0 N–H and O–H groups in total. The van der Waals surface area contributed by atoms with Gasteiger partial charge in [-0.15, -0.1) is 0 Å². The molecular weight excluding hydrogens is 537 g/mol. The van der Waals surface area contributed by atoms with Gasteiger partial charge in [-0.3, -0.25) is 0 Å². The van der Waals surface area contributed by atoms with Crippen LogP contribution in [0.1, 0.15) is 48.6 Å². The predicted octanol–water partition coefficient (Wildman–Crippen LogP) is 9.00. The molecule has 0 spiro atoms. The first-order valence-corrected chi connectivity index (χ1v) is 17.3. The lowest BCUT2D eigenvalue weighted by atomic mass is 9.61. The van der Waals surface area contributed by atoms with Crippen molar-refractivity contribution in [3.8, 4) is 0 Å². The summed E-state index contributed by atoms with van der Waals surface area (Å²) in [6.45, 7) is 0. The number of thioether (sulfide) groups is 4. The average Bonchev–Trinajstić information content (AvgIpc) is 3.57. The van der Waals surface area contributed by atoms with Crippen LogP contribution in [-0.2, 0) is 0 Å². The normalized spacial score (nSPS) is 32.5. The van der Waals surface area contributed by atoms with Crippen LogP contribution in [0.4, 0.5) is 0 Å². The zero-order valence-corrected chi connectivity index (χ0v) is 24.1. The van der Waals surface area contributed by atoms with Crippen LogP contribution in [0.3, 0.4) is 0 Å². The second-order valence-electron chi connectivity index (χ2n) is 12.0. The van der Waals surface area contributed by atoms with Crippen LogP contribution in [0.2, 0.25) is 0 Å². The summed E-state index contributed by atoms with van der Waals surface area (Å²) >= 11 is 7.98. The average molecular weight is 563 g/mol. The van der Waals surface area contributed by atoms with Crippen molar-refractivity contribution in [3.05, 3.63) is 90.7 Å². The van der Waals surface area contributed by atoms with Gasteiger partial charge in [0.2, 0.25) is 0 Å². The number of fused-ring (bicyclic) bond motifs is 6. The monoisotopic (exact) mass is 562 g/mol. The molecule has 6 atom stereocenters. The van der Waals surface area contributed by atoms with Gasteiger partial charge in [-0.25, -0.2) is 0 Å². The molecule has 1 saturated carbocycles. The molecule has 9 aliphatic rings. The van der Waals surface area contributed by atoms with Crippen molar-refractivity contribution in [1.29, 1.82) is 0 Å². The number of benzene rings is 3. The van der Waals surface area contributed by atoms with E-state index in [0.717, 1.165) is 11.8 Å². The maximum atomic E-state index is 2.62. The van der Waals surface area contributed by atoms with Crippen molar-refractivity contribution in [2.45, 2.75) is 57.1 Å². The highest BCUT2D eigenvalue weighted by Gasteiger charge is 2.39. The van der Waals surface area contributed by atoms with Gasteiger partial charge in [0.05, 0.1) is 8.47 Å². The molecule has 12 rings (SSSR count). The van der Waals surface area contributed by atoms with Crippen LogP contribution < -0.4 is 10.4 Å². The zero-order valence-electron chi connectivity index (χ0n) is 20.9. The highest BCUT2D eigenvalue weighted by Crippen LogP contribution is 2.61. The van der Waals surface area contributed by atoms with Crippen molar-refractivity contribution >= 4 is 70.0 Å². The minimum atomic E-state index is 0.632. The van der Waals surface area contributed by atoms with Crippen LogP contribution in [0.15, 0.2) is 88.8 Å². The van der Waals surface area contributed by atoms with Crippen LogP contribution in [-0.4, -0.2) is 0 Å². The SMILES string of the molecule is C1=CC2CCC1c1cc3cc4c(cc3cc12)SC(=C1Sc2cc3c(cc2S1)=CC1C2C=CC(CC2)C1C=3)S4. The molecule has 0 amide bonds. The Morgan fingerprint density at radius 2 is 0.921 bits per heavy atom. The Balaban J connectivity index is 0.999. The minimum absolute atomic E-state index is 0.632.